The van der Waals surface area contributed by atoms with Crippen LogP contribution in [-0.2, 0) is 4.79 Å². The molecule has 0 aliphatic rings. The van der Waals surface area contributed by atoms with Gasteiger partial charge in [-0.3, -0.25) is 4.79 Å². The van der Waals surface area contributed by atoms with E-state index in [2.05, 4.69) is 5.32 Å². The highest BCUT2D eigenvalue weighted by atomic mass is 16.2. The summed E-state index contributed by atoms with van der Waals surface area (Å²) in [6, 6.07) is -0.422. The molecule has 4 heteroatoms. The molecule has 78 valence electrons. The summed E-state index contributed by atoms with van der Waals surface area (Å²) >= 11 is 0. The first kappa shape index (κ1) is 12.4. The SMILES string of the molecule is CC(C)[C@H](N)C(=O)NCCCCO. The second-order valence-electron chi connectivity index (χ2n) is 3.49. The van der Waals surface area contributed by atoms with Crippen LogP contribution < -0.4 is 11.1 Å². The number of hydrogen-bond donors (Lipinski definition) is 3. The van der Waals surface area contributed by atoms with Gasteiger partial charge >= 0.3 is 0 Å². The van der Waals surface area contributed by atoms with Crippen LogP contribution in [0.25, 0.3) is 0 Å². The third-order valence-corrected chi connectivity index (χ3v) is 1.91. The van der Waals surface area contributed by atoms with Crippen LogP contribution in [-0.4, -0.2) is 30.2 Å². The Kier molecular flexibility index (Phi) is 6.54. The number of amides is 1. The van der Waals surface area contributed by atoms with E-state index in [1.165, 1.54) is 0 Å². The maximum atomic E-state index is 11.2. The smallest absolute Gasteiger partial charge is 0.237 e. The van der Waals surface area contributed by atoms with E-state index in [9.17, 15) is 4.79 Å². The zero-order chi connectivity index (χ0) is 10.3. The molecule has 0 bridgehead atoms. The summed E-state index contributed by atoms with van der Waals surface area (Å²) in [6.45, 7) is 4.60. The van der Waals surface area contributed by atoms with E-state index in [4.69, 9.17) is 10.8 Å². The van der Waals surface area contributed by atoms with Crippen LogP contribution in [0.2, 0.25) is 0 Å². The van der Waals surface area contributed by atoms with E-state index in [-0.39, 0.29) is 18.4 Å². The fourth-order valence-corrected chi connectivity index (χ4v) is 0.869. The molecular weight excluding hydrogens is 168 g/mol. The minimum atomic E-state index is -0.422. The van der Waals surface area contributed by atoms with E-state index in [0.717, 1.165) is 12.8 Å². The van der Waals surface area contributed by atoms with Crippen LogP contribution in [0.3, 0.4) is 0 Å². The van der Waals surface area contributed by atoms with Gasteiger partial charge in [-0.25, -0.2) is 0 Å². The number of aliphatic hydroxyl groups is 1. The molecule has 0 aliphatic carbocycles. The Hall–Kier alpha value is -0.610. The van der Waals surface area contributed by atoms with Crippen LogP contribution in [0.1, 0.15) is 26.7 Å². The quantitative estimate of drug-likeness (QED) is 0.508. The second kappa shape index (κ2) is 6.86. The Bertz CT molecular complexity index is 149. The van der Waals surface area contributed by atoms with Gasteiger partial charge in [0, 0.05) is 13.2 Å². The predicted molar refractivity (Wildman–Crippen MR) is 52.1 cm³/mol. The number of carbonyl (C=O) groups is 1. The van der Waals surface area contributed by atoms with Gasteiger partial charge in [0.2, 0.25) is 5.91 Å². The minimum Gasteiger partial charge on any atom is -0.396 e. The van der Waals surface area contributed by atoms with Crippen molar-refractivity contribution in [1.82, 2.24) is 5.32 Å². The first-order valence-corrected chi connectivity index (χ1v) is 4.73. The second-order valence-corrected chi connectivity index (χ2v) is 3.49. The van der Waals surface area contributed by atoms with Crippen LogP contribution in [0.5, 0.6) is 0 Å². The Morgan fingerprint density at radius 2 is 2.08 bits per heavy atom. The van der Waals surface area contributed by atoms with Crippen LogP contribution in [0, 0.1) is 5.92 Å². The summed E-state index contributed by atoms with van der Waals surface area (Å²) in [5.74, 6) is 0.0609. The minimum absolute atomic E-state index is 0.104. The van der Waals surface area contributed by atoms with Crippen molar-refractivity contribution in [1.29, 1.82) is 0 Å². The van der Waals surface area contributed by atoms with Crippen molar-refractivity contribution in [3.8, 4) is 0 Å². The Balaban J connectivity index is 3.50. The standard InChI is InChI=1S/C9H20N2O2/c1-7(2)8(10)9(13)11-5-3-4-6-12/h7-8,12H,3-6,10H2,1-2H3,(H,11,13)/t8-/m0/s1. The fourth-order valence-electron chi connectivity index (χ4n) is 0.869. The van der Waals surface area contributed by atoms with Crippen LogP contribution >= 0.6 is 0 Å². The number of rotatable bonds is 6. The van der Waals surface area contributed by atoms with Crippen LogP contribution in [0.15, 0.2) is 0 Å². The topological polar surface area (TPSA) is 75.4 Å². The average molecular weight is 188 g/mol. The van der Waals surface area contributed by atoms with Gasteiger partial charge in [0.1, 0.15) is 0 Å². The molecule has 0 radical (unpaired) electrons. The maximum Gasteiger partial charge on any atom is 0.237 e. The molecule has 0 heterocycles. The Morgan fingerprint density at radius 1 is 1.46 bits per heavy atom. The number of aliphatic hydroxyl groups excluding tert-OH is 1. The monoisotopic (exact) mass is 188 g/mol. The summed E-state index contributed by atoms with van der Waals surface area (Å²) < 4.78 is 0. The number of carbonyl (C=O) groups excluding carboxylic acids is 1. The highest BCUT2D eigenvalue weighted by Gasteiger charge is 2.15. The lowest BCUT2D eigenvalue weighted by Crippen LogP contribution is -2.44. The number of hydrogen-bond acceptors (Lipinski definition) is 3. The normalized spacial score (nSPS) is 13.0. The van der Waals surface area contributed by atoms with Crippen molar-refractivity contribution < 1.29 is 9.90 Å². The van der Waals surface area contributed by atoms with Gasteiger partial charge in [0.15, 0.2) is 0 Å². The lowest BCUT2D eigenvalue weighted by atomic mass is 10.1. The summed E-state index contributed by atoms with van der Waals surface area (Å²) in [4.78, 5) is 11.2. The molecule has 0 aromatic carbocycles. The van der Waals surface area contributed by atoms with Crippen molar-refractivity contribution in [3.63, 3.8) is 0 Å². The van der Waals surface area contributed by atoms with Crippen molar-refractivity contribution in [3.05, 3.63) is 0 Å². The first-order chi connectivity index (χ1) is 6.09. The molecule has 0 aliphatic heterocycles. The Labute approximate surface area is 79.5 Å². The first-order valence-electron chi connectivity index (χ1n) is 4.73. The molecule has 0 unspecified atom stereocenters. The molecule has 4 N–H and O–H groups in total. The Morgan fingerprint density at radius 3 is 2.54 bits per heavy atom. The van der Waals surface area contributed by atoms with Crippen molar-refractivity contribution >= 4 is 5.91 Å². The van der Waals surface area contributed by atoms with Crippen molar-refractivity contribution in [2.24, 2.45) is 11.7 Å². The van der Waals surface area contributed by atoms with Gasteiger partial charge < -0.3 is 16.2 Å². The molecule has 0 aromatic heterocycles. The molecule has 0 aromatic rings. The molecule has 0 spiro atoms. The molecule has 1 atom stereocenters. The van der Waals surface area contributed by atoms with Gasteiger partial charge in [-0.05, 0) is 18.8 Å². The fraction of sp³-hybridized carbons (Fsp3) is 0.889. The highest BCUT2D eigenvalue weighted by Crippen LogP contribution is 1.97. The van der Waals surface area contributed by atoms with E-state index in [0.29, 0.717) is 6.54 Å². The van der Waals surface area contributed by atoms with Crippen LogP contribution in [0.4, 0.5) is 0 Å². The van der Waals surface area contributed by atoms with Gasteiger partial charge in [-0.1, -0.05) is 13.8 Å². The summed E-state index contributed by atoms with van der Waals surface area (Å²) in [6.07, 6.45) is 1.52. The van der Waals surface area contributed by atoms with Gasteiger partial charge in [-0.15, -0.1) is 0 Å². The van der Waals surface area contributed by atoms with Crippen molar-refractivity contribution in [2.75, 3.05) is 13.2 Å². The maximum absolute atomic E-state index is 11.2. The molecular formula is C9H20N2O2. The molecule has 0 rings (SSSR count). The van der Waals surface area contributed by atoms with E-state index in [1.54, 1.807) is 0 Å². The van der Waals surface area contributed by atoms with E-state index in [1.807, 2.05) is 13.8 Å². The van der Waals surface area contributed by atoms with E-state index < -0.39 is 6.04 Å². The molecule has 0 saturated carbocycles. The zero-order valence-electron chi connectivity index (χ0n) is 8.42. The summed E-state index contributed by atoms with van der Waals surface area (Å²) in [5.41, 5.74) is 5.61. The van der Waals surface area contributed by atoms with E-state index >= 15 is 0 Å². The molecule has 0 saturated heterocycles. The number of nitrogens with two attached hydrogens (primary N) is 1. The molecule has 4 nitrogen and oxygen atoms in total. The molecule has 0 fully saturated rings. The third kappa shape index (κ3) is 5.60. The molecule has 1 amide bonds. The van der Waals surface area contributed by atoms with Gasteiger partial charge in [-0.2, -0.15) is 0 Å². The zero-order valence-corrected chi connectivity index (χ0v) is 8.42. The number of nitrogens with one attached hydrogen (secondary N) is 1. The van der Waals surface area contributed by atoms with Gasteiger partial charge in [0.05, 0.1) is 6.04 Å². The van der Waals surface area contributed by atoms with Gasteiger partial charge in [0.25, 0.3) is 0 Å². The molecule has 13 heavy (non-hydrogen) atoms. The third-order valence-electron chi connectivity index (χ3n) is 1.91. The number of unbranched alkanes of at least 4 members (excludes halogenated alkanes) is 1. The lowest BCUT2D eigenvalue weighted by molar-refractivity contribution is -0.123. The highest BCUT2D eigenvalue weighted by molar-refractivity contribution is 5.81. The van der Waals surface area contributed by atoms with Crippen molar-refractivity contribution in [2.45, 2.75) is 32.7 Å². The largest absolute Gasteiger partial charge is 0.396 e. The summed E-state index contributed by atoms with van der Waals surface area (Å²) in [5, 5.41) is 11.2. The lowest BCUT2D eigenvalue weighted by Gasteiger charge is -2.14. The average Bonchev–Trinajstić information content (AvgIpc) is 2.10. The summed E-state index contributed by atoms with van der Waals surface area (Å²) in [7, 11) is 0. The predicted octanol–water partition coefficient (Wildman–Crippen LogP) is -0.142.